The van der Waals surface area contributed by atoms with Gasteiger partial charge in [-0.2, -0.15) is 28.2 Å². The molecular weight excluding hydrogens is 489 g/mol. The second-order valence-corrected chi connectivity index (χ2v) is 8.86. The Balaban J connectivity index is 1.35. The van der Waals surface area contributed by atoms with Crippen molar-refractivity contribution in [3.8, 4) is 5.88 Å². The van der Waals surface area contributed by atoms with Crippen molar-refractivity contribution >= 4 is 28.7 Å². The molecular formula is C22H22F5N7O2. The summed E-state index contributed by atoms with van der Waals surface area (Å²) in [5.74, 6) is 0.208. The van der Waals surface area contributed by atoms with Crippen LogP contribution in [0, 0.1) is 5.41 Å². The van der Waals surface area contributed by atoms with E-state index in [1.165, 1.54) is 18.2 Å². The second kappa shape index (κ2) is 8.82. The maximum absolute atomic E-state index is 13.3. The van der Waals surface area contributed by atoms with E-state index in [0.717, 1.165) is 23.0 Å². The van der Waals surface area contributed by atoms with Gasteiger partial charge in [0.25, 0.3) is 6.43 Å². The fourth-order valence-electron chi connectivity index (χ4n) is 4.86. The summed E-state index contributed by atoms with van der Waals surface area (Å²) >= 11 is 0. The minimum Gasteiger partial charge on any atom is -0.480 e. The van der Waals surface area contributed by atoms with Gasteiger partial charge >= 0.3 is 6.18 Å². The van der Waals surface area contributed by atoms with Crippen LogP contribution in [0.15, 0.2) is 24.5 Å². The number of nitrogens with zero attached hydrogens (tertiary/aromatic N) is 7. The number of anilines is 2. The van der Waals surface area contributed by atoms with Crippen molar-refractivity contribution in [1.29, 1.82) is 0 Å². The van der Waals surface area contributed by atoms with Crippen LogP contribution in [-0.4, -0.2) is 63.8 Å². The highest BCUT2D eigenvalue weighted by Crippen LogP contribution is 2.44. The van der Waals surface area contributed by atoms with Crippen molar-refractivity contribution in [1.82, 2.24) is 24.7 Å². The van der Waals surface area contributed by atoms with Crippen molar-refractivity contribution in [2.75, 3.05) is 36.5 Å². The minimum absolute atomic E-state index is 0.0139. The number of pyridine rings is 1. The third kappa shape index (κ3) is 4.17. The van der Waals surface area contributed by atoms with E-state index in [1.807, 2.05) is 4.90 Å². The van der Waals surface area contributed by atoms with E-state index in [-0.39, 0.29) is 35.7 Å². The molecule has 5 rings (SSSR count). The molecule has 0 radical (unpaired) electrons. The molecule has 1 amide bonds. The number of methoxy groups -OCH3 is 1. The molecule has 0 unspecified atom stereocenters. The van der Waals surface area contributed by atoms with Gasteiger partial charge in [0.15, 0.2) is 5.65 Å². The number of fused-ring (bicyclic) bond motifs is 1. The fourth-order valence-corrected chi connectivity index (χ4v) is 4.86. The van der Waals surface area contributed by atoms with Crippen molar-refractivity contribution in [2.24, 2.45) is 5.41 Å². The van der Waals surface area contributed by atoms with Crippen LogP contribution in [0.25, 0.3) is 11.0 Å². The summed E-state index contributed by atoms with van der Waals surface area (Å²) in [7, 11) is 1.41. The van der Waals surface area contributed by atoms with Crippen LogP contribution in [0.2, 0.25) is 0 Å². The van der Waals surface area contributed by atoms with Crippen LogP contribution >= 0.6 is 0 Å². The Labute approximate surface area is 201 Å². The molecule has 0 aromatic carbocycles. The lowest BCUT2D eigenvalue weighted by Gasteiger charge is -2.37. The van der Waals surface area contributed by atoms with Crippen molar-refractivity contribution < 1.29 is 31.5 Å². The van der Waals surface area contributed by atoms with Gasteiger partial charge in [-0.1, -0.05) is 0 Å². The molecule has 2 saturated heterocycles. The second-order valence-electron chi connectivity index (χ2n) is 8.86. The molecule has 192 valence electrons. The maximum atomic E-state index is 13.3. The highest BCUT2D eigenvalue weighted by atomic mass is 19.4. The number of hydrogen-bond donors (Lipinski definition) is 0. The van der Waals surface area contributed by atoms with Gasteiger partial charge in [-0.05, 0) is 31.4 Å². The summed E-state index contributed by atoms with van der Waals surface area (Å²) in [5.41, 5.74) is -1.36. The van der Waals surface area contributed by atoms with Gasteiger partial charge in [0.05, 0.1) is 24.3 Å². The first-order chi connectivity index (χ1) is 17.1. The third-order valence-corrected chi connectivity index (χ3v) is 6.82. The zero-order valence-corrected chi connectivity index (χ0v) is 19.2. The van der Waals surface area contributed by atoms with Crippen LogP contribution in [-0.2, 0) is 17.5 Å². The number of piperidine rings is 1. The number of hydrogen-bond acceptors (Lipinski definition) is 7. The first-order valence-electron chi connectivity index (χ1n) is 11.3. The zero-order valence-electron chi connectivity index (χ0n) is 19.2. The lowest BCUT2D eigenvalue weighted by atomic mass is 9.77. The number of halogens is 5. The summed E-state index contributed by atoms with van der Waals surface area (Å²) < 4.78 is 71.7. The van der Waals surface area contributed by atoms with E-state index in [1.54, 1.807) is 0 Å². The summed E-state index contributed by atoms with van der Waals surface area (Å²) in [6.45, 7) is 0.441. The molecule has 14 heteroatoms. The first-order valence-corrected chi connectivity index (χ1v) is 11.3. The average molecular weight is 511 g/mol. The van der Waals surface area contributed by atoms with E-state index in [9.17, 15) is 26.7 Å². The number of aromatic nitrogens is 5. The third-order valence-electron chi connectivity index (χ3n) is 6.82. The van der Waals surface area contributed by atoms with Crippen LogP contribution in [0.4, 0.5) is 33.7 Å². The Morgan fingerprint density at radius 3 is 2.53 bits per heavy atom. The van der Waals surface area contributed by atoms with E-state index >= 15 is 0 Å². The summed E-state index contributed by atoms with van der Waals surface area (Å²) in [6, 6.07) is 1.76. The average Bonchev–Trinajstić information content (AvgIpc) is 3.39. The predicted octanol–water partition coefficient (Wildman–Crippen LogP) is 3.54. The Kier molecular flexibility index (Phi) is 5.91. The van der Waals surface area contributed by atoms with Gasteiger partial charge < -0.3 is 9.64 Å². The van der Waals surface area contributed by atoms with Gasteiger partial charge in [0.2, 0.25) is 17.7 Å². The highest BCUT2D eigenvalue weighted by molar-refractivity contribution is 5.99. The molecule has 2 aliphatic heterocycles. The number of amides is 1. The Hall–Kier alpha value is -3.58. The number of rotatable bonds is 5. The fraction of sp³-hybridized carbons (Fsp3) is 0.500. The molecule has 0 aliphatic carbocycles. The van der Waals surface area contributed by atoms with E-state index < -0.39 is 30.1 Å². The summed E-state index contributed by atoms with van der Waals surface area (Å²) in [5, 5.41) is 4.37. The highest BCUT2D eigenvalue weighted by Gasteiger charge is 2.49. The number of carbonyl (C=O) groups excluding carboxylic acids is 1. The van der Waals surface area contributed by atoms with Crippen molar-refractivity contribution in [3.63, 3.8) is 0 Å². The van der Waals surface area contributed by atoms with Crippen LogP contribution in [0.3, 0.4) is 0 Å². The molecule has 2 fully saturated rings. The largest absolute Gasteiger partial charge is 0.480 e. The molecule has 2 aliphatic rings. The van der Waals surface area contributed by atoms with Gasteiger partial charge in [-0.3, -0.25) is 9.69 Å². The molecule has 3 aromatic rings. The van der Waals surface area contributed by atoms with Gasteiger partial charge in [0, 0.05) is 25.8 Å². The molecule has 0 atom stereocenters. The monoisotopic (exact) mass is 511 g/mol. The quantitative estimate of drug-likeness (QED) is 0.484. The molecule has 3 aromatic heterocycles. The van der Waals surface area contributed by atoms with Crippen molar-refractivity contribution in [3.05, 3.63) is 30.1 Å². The zero-order chi connectivity index (χ0) is 25.7. The summed E-state index contributed by atoms with van der Waals surface area (Å²) in [6.07, 6.45) is -3.37. The topological polar surface area (TPSA) is 89.3 Å². The molecule has 0 saturated carbocycles. The molecule has 36 heavy (non-hydrogen) atoms. The standard InChI is InChI=1S/C22H22F5N7O2/c1-36-18-14-11-29-34(12-15(23)24)17(14)30-20(31-18)32-7-3-21(4-8-32)5-9-33(19(21)35)16-10-13(2-6-28-16)22(25,26)27/h2,6,10-11,15H,3-5,7-9,12H2,1H3. The molecule has 0 N–H and O–H groups in total. The number of alkyl halides is 5. The maximum Gasteiger partial charge on any atom is 0.416 e. The van der Waals surface area contributed by atoms with Gasteiger partial charge in [0.1, 0.15) is 17.7 Å². The van der Waals surface area contributed by atoms with E-state index in [0.29, 0.717) is 37.7 Å². The van der Waals surface area contributed by atoms with Gasteiger partial charge in [-0.25, -0.2) is 18.4 Å². The van der Waals surface area contributed by atoms with Crippen LogP contribution in [0.5, 0.6) is 5.88 Å². The van der Waals surface area contributed by atoms with Crippen LogP contribution in [0.1, 0.15) is 24.8 Å². The predicted molar refractivity (Wildman–Crippen MR) is 118 cm³/mol. The Bertz CT molecular complexity index is 1290. The summed E-state index contributed by atoms with van der Waals surface area (Å²) in [4.78, 5) is 29.3. The van der Waals surface area contributed by atoms with Gasteiger partial charge in [-0.15, -0.1) is 0 Å². The minimum atomic E-state index is -4.53. The molecule has 9 nitrogen and oxygen atoms in total. The lowest BCUT2D eigenvalue weighted by molar-refractivity contribution is -0.137. The van der Waals surface area contributed by atoms with Crippen LogP contribution < -0.4 is 14.5 Å². The molecule has 1 spiro atoms. The lowest BCUT2D eigenvalue weighted by Crippen LogP contribution is -2.45. The van der Waals surface area contributed by atoms with Crippen molar-refractivity contribution in [2.45, 2.75) is 38.4 Å². The number of carbonyl (C=O) groups is 1. The van der Waals surface area contributed by atoms with E-state index in [2.05, 4.69) is 20.1 Å². The SMILES string of the molecule is COc1nc(N2CCC3(CC2)CCN(c2cc(C(F)(F)F)ccn2)C3=O)nc2c1cnn2CC(F)F. The molecule has 0 bridgehead atoms. The normalized spacial score (nSPS) is 18.1. The van der Waals surface area contributed by atoms with E-state index in [4.69, 9.17) is 4.74 Å². The smallest absolute Gasteiger partial charge is 0.416 e. The molecule has 5 heterocycles. The number of ether oxygens (including phenoxy) is 1. The Morgan fingerprint density at radius 1 is 1.14 bits per heavy atom. The first kappa shape index (κ1) is 24.1. The Morgan fingerprint density at radius 2 is 1.86 bits per heavy atom.